The molecular formula is C19H18Cl2FNO4. The molecular weight excluding hydrogens is 396 g/mol. The van der Waals surface area contributed by atoms with Gasteiger partial charge >= 0.3 is 5.97 Å². The first-order valence-electron chi connectivity index (χ1n) is 8.41. The Morgan fingerprint density at radius 1 is 1.30 bits per heavy atom. The molecule has 3 rings (SSSR count). The number of halogens is 3. The van der Waals surface area contributed by atoms with Gasteiger partial charge in [-0.15, -0.1) is 0 Å². The predicted molar refractivity (Wildman–Crippen MR) is 100 cm³/mol. The van der Waals surface area contributed by atoms with Gasteiger partial charge in [-0.25, -0.2) is 4.39 Å². The van der Waals surface area contributed by atoms with E-state index in [2.05, 4.69) is 0 Å². The maximum atomic E-state index is 14.6. The Morgan fingerprint density at radius 3 is 2.70 bits per heavy atom. The summed E-state index contributed by atoms with van der Waals surface area (Å²) < 4.78 is 25.9. The van der Waals surface area contributed by atoms with E-state index in [1.165, 1.54) is 6.07 Å². The van der Waals surface area contributed by atoms with Gasteiger partial charge in [-0.3, -0.25) is 9.69 Å². The van der Waals surface area contributed by atoms with Crippen molar-refractivity contribution >= 4 is 29.2 Å². The Hall–Kier alpha value is -1.86. The Labute approximate surface area is 166 Å². The van der Waals surface area contributed by atoms with E-state index in [9.17, 15) is 9.18 Å². The van der Waals surface area contributed by atoms with Crippen molar-refractivity contribution < 1.29 is 23.8 Å². The molecule has 1 aliphatic heterocycles. The minimum absolute atomic E-state index is 0.0422. The lowest BCUT2D eigenvalue weighted by Crippen LogP contribution is -2.39. The van der Waals surface area contributed by atoms with Gasteiger partial charge in [-0.1, -0.05) is 29.3 Å². The molecule has 0 bridgehead atoms. The number of carbonyl (C=O) groups is 1. The molecule has 1 fully saturated rings. The van der Waals surface area contributed by atoms with Crippen molar-refractivity contribution in [1.29, 1.82) is 0 Å². The van der Waals surface area contributed by atoms with Gasteiger partial charge in [0.2, 0.25) is 0 Å². The number of nitrogens with zero attached hydrogens (tertiary/aromatic N) is 1. The highest BCUT2D eigenvalue weighted by Crippen LogP contribution is 2.37. The van der Waals surface area contributed by atoms with Gasteiger partial charge in [-0.2, -0.15) is 0 Å². The van der Waals surface area contributed by atoms with Crippen LogP contribution in [0.15, 0.2) is 36.4 Å². The highest BCUT2D eigenvalue weighted by atomic mass is 35.5. The third-order valence-electron chi connectivity index (χ3n) is 4.25. The molecule has 1 N–H and O–H groups in total. The van der Waals surface area contributed by atoms with Crippen molar-refractivity contribution in [2.45, 2.75) is 12.5 Å². The SMILES string of the molecule is O=C(O)CCN1CCOC(c2ccc(Oc3c(Cl)cccc3Cl)cc2F)C1. The van der Waals surface area contributed by atoms with Crippen LogP contribution in [0.2, 0.25) is 10.0 Å². The summed E-state index contributed by atoms with van der Waals surface area (Å²) in [7, 11) is 0. The van der Waals surface area contributed by atoms with Gasteiger partial charge in [0, 0.05) is 31.3 Å². The second-order valence-electron chi connectivity index (χ2n) is 6.14. The fourth-order valence-corrected chi connectivity index (χ4v) is 3.35. The van der Waals surface area contributed by atoms with Gasteiger partial charge in [-0.05, 0) is 24.3 Å². The quantitative estimate of drug-likeness (QED) is 0.738. The van der Waals surface area contributed by atoms with Crippen molar-refractivity contribution in [2.75, 3.05) is 26.2 Å². The summed E-state index contributed by atoms with van der Waals surface area (Å²) in [6.45, 7) is 1.87. The monoisotopic (exact) mass is 413 g/mol. The van der Waals surface area contributed by atoms with Gasteiger partial charge < -0.3 is 14.6 Å². The summed E-state index contributed by atoms with van der Waals surface area (Å²) in [5.74, 6) is -0.795. The summed E-state index contributed by atoms with van der Waals surface area (Å²) in [5, 5.41) is 9.47. The number of ether oxygens (including phenoxy) is 2. The van der Waals surface area contributed by atoms with Crippen LogP contribution in [0.25, 0.3) is 0 Å². The second-order valence-corrected chi connectivity index (χ2v) is 6.95. The third kappa shape index (κ3) is 5.11. The van der Waals surface area contributed by atoms with E-state index in [-0.39, 0.29) is 17.9 Å². The van der Waals surface area contributed by atoms with E-state index >= 15 is 0 Å². The van der Waals surface area contributed by atoms with Crippen LogP contribution in [-0.4, -0.2) is 42.2 Å². The van der Waals surface area contributed by atoms with Crippen LogP contribution in [0.3, 0.4) is 0 Å². The topological polar surface area (TPSA) is 59.0 Å². The zero-order chi connectivity index (χ0) is 19.4. The molecule has 0 aromatic heterocycles. The van der Waals surface area contributed by atoms with Crippen LogP contribution >= 0.6 is 23.2 Å². The molecule has 8 heteroatoms. The van der Waals surface area contributed by atoms with E-state index in [0.717, 1.165) is 0 Å². The molecule has 1 saturated heterocycles. The van der Waals surface area contributed by atoms with Crippen LogP contribution in [0.5, 0.6) is 11.5 Å². The first-order valence-corrected chi connectivity index (χ1v) is 9.16. The molecule has 0 saturated carbocycles. The fourth-order valence-electron chi connectivity index (χ4n) is 2.88. The fraction of sp³-hybridized carbons (Fsp3) is 0.316. The normalized spacial score (nSPS) is 17.7. The van der Waals surface area contributed by atoms with Gasteiger partial charge in [0.1, 0.15) is 11.6 Å². The van der Waals surface area contributed by atoms with Crippen LogP contribution < -0.4 is 4.74 Å². The molecule has 0 amide bonds. The Balaban J connectivity index is 1.72. The number of carboxylic acid groups (broad SMARTS) is 1. The number of carboxylic acids is 1. The Kier molecular flexibility index (Phi) is 6.55. The minimum Gasteiger partial charge on any atom is -0.481 e. The molecule has 5 nitrogen and oxygen atoms in total. The first kappa shape index (κ1) is 19.9. The van der Waals surface area contributed by atoms with Crippen molar-refractivity contribution in [2.24, 2.45) is 0 Å². The zero-order valence-corrected chi connectivity index (χ0v) is 15.8. The number of morpholine rings is 1. The maximum absolute atomic E-state index is 14.6. The van der Waals surface area contributed by atoms with Crippen LogP contribution in [0.1, 0.15) is 18.1 Å². The number of benzene rings is 2. The summed E-state index contributed by atoms with van der Waals surface area (Å²) in [4.78, 5) is 12.7. The molecule has 1 heterocycles. The van der Waals surface area contributed by atoms with Gasteiger partial charge in [0.15, 0.2) is 5.75 Å². The van der Waals surface area contributed by atoms with E-state index in [0.29, 0.717) is 41.8 Å². The molecule has 0 spiro atoms. The van der Waals surface area contributed by atoms with Crippen molar-refractivity contribution in [3.63, 3.8) is 0 Å². The van der Waals surface area contributed by atoms with Gasteiger partial charge in [0.05, 0.1) is 29.2 Å². The lowest BCUT2D eigenvalue weighted by Gasteiger charge is -2.33. The molecule has 0 aliphatic carbocycles. The number of hydrogen-bond donors (Lipinski definition) is 1. The van der Waals surface area contributed by atoms with E-state index in [1.54, 1.807) is 30.3 Å². The lowest BCUT2D eigenvalue weighted by atomic mass is 10.1. The number of rotatable bonds is 6. The van der Waals surface area contributed by atoms with Crippen LogP contribution in [0, 0.1) is 5.82 Å². The molecule has 2 aromatic rings. The molecule has 1 atom stereocenters. The minimum atomic E-state index is -0.857. The zero-order valence-electron chi connectivity index (χ0n) is 14.3. The average molecular weight is 414 g/mol. The largest absolute Gasteiger partial charge is 0.481 e. The van der Waals surface area contributed by atoms with Gasteiger partial charge in [0.25, 0.3) is 0 Å². The van der Waals surface area contributed by atoms with Crippen molar-refractivity contribution in [3.8, 4) is 11.5 Å². The summed E-state index contributed by atoms with van der Waals surface area (Å²) in [5.41, 5.74) is 0.396. The number of hydrogen-bond acceptors (Lipinski definition) is 4. The Bertz CT molecular complexity index is 813. The smallest absolute Gasteiger partial charge is 0.304 e. The predicted octanol–water partition coefficient (Wildman–Crippen LogP) is 4.77. The average Bonchev–Trinajstić information content (AvgIpc) is 2.63. The summed E-state index contributed by atoms with van der Waals surface area (Å²) >= 11 is 12.1. The maximum Gasteiger partial charge on any atom is 0.304 e. The molecule has 144 valence electrons. The highest BCUT2D eigenvalue weighted by Gasteiger charge is 2.25. The molecule has 27 heavy (non-hydrogen) atoms. The van der Waals surface area contributed by atoms with E-state index in [4.69, 9.17) is 37.8 Å². The molecule has 1 aliphatic rings. The summed E-state index contributed by atoms with van der Waals surface area (Å²) in [6.07, 6.45) is -0.425. The second kappa shape index (κ2) is 8.89. The first-order chi connectivity index (χ1) is 12.9. The highest BCUT2D eigenvalue weighted by molar-refractivity contribution is 6.37. The van der Waals surface area contributed by atoms with E-state index < -0.39 is 17.9 Å². The van der Waals surface area contributed by atoms with Crippen LogP contribution in [-0.2, 0) is 9.53 Å². The number of para-hydroxylation sites is 1. The number of aliphatic carboxylic acids is 1. The Morgan fingerprint density at radius 2 is 2.04 bits per heavy atom. The van der Waals surface area contributed by atoms with E-state index in [1.807, 2.05) is 4.90 Å². The van der Waals surface area contributed by atoms with Crippen molar-refractivity contribution in [1.82, 2.24) is 4.90 Å². The molecule has 0 radical (unpaired) electrons. The summed E-state index contributed by atoms with van der Waals surface area (Å²) in [6, 6.07) is 9.44. The molecule has 2 aromatic carbocycles. The van der Waals surface area contributed by atoms with Crippen molar-refractivity contribution in [3.05, 3.63) is 57.8 Å². The lowest BCUT2D eigenvalue weighted by molar-refractivity contribution is -0.137. The van der Waals surface area contributed by atoms with Crippen LogP contribution in [0.4, 0.5) is 4.39 Å². The standard InChI is InChI=1S/C19H18Cl2FNO4/c20-14-2-1-3-15(21)19(14)27-12-4-5-13(16(22)10-12)17-11-23(8-9-26-17)7-6-18(24)25/h1-5,10,17H,6-9,11H2,(H,24,25). The third-order valence-corrected chi connectivity index (χ3v) is 4.85. The molecule has 1 unspecified atom stereocenters.